The maximum atomic E-state index is 13.4. The number of fused-ring (bicyclic) bond motifs is 1. The molecular weight excluding hydrogens is 502 g/mol. The number of benzene rings is 2. The number of nitrogens with one attached hydrogen (secondary N) is 1. The molecular formula is C30H31NO6S. The Morgan fingerprint density at radius 3 is 2.47 bits per heavy atom. The highest BCUT2D eigenvalue weighted by molar-refractivity contribution is 7.17. The third-order valence-corrected chi connectivity index (χ3v) is 7.49. The molecule has 0 bridgehead atoms. The number of aryl methyl sites for hydroxylation is 1. The van der Waals surface area contributed by atoms with Gasteiger partial charge in [0.2, 0.25) is 0 Å². The molecule has 1 heterocycles. The third-order valence-electron chi connectivity index (χ3n) is 6.28. The molecule has 1 aliphatic carbocycles. The number of hydrogen-bond acceptors (Lipinski definition) is 7. The van der Waals surface area contributed by atoms with E-state index in [9.17, 15) is 14.4 Å². The quantitative estimate of drug-likeness (QED) is 0.209. The zero-order valence-corrected chi connectivity index (χ0v) is 22.6. The molecule has 0 spiro atoms. The second kappa shape index (κ2) is 12.6. The number of carbonyl (C=O) groups is 3. The van der Waals surface area contributed by atoms with Crippen molar-refractivity contribution < 1.29 is 28.6 Å². The van der Waals surface area contributed by atoms with E-state index in [1.165, 1.54) is 18.3 Å². The van der Waals surface area contributed by atoms with Gasteiger partial charge in [-0.2, -0.15) is 0 Å². The summed E-state index contributed by atoms with van der Waals surface area (Å²) in [5, 5.41) is 3.26. The van der Waals surface area contributed by atoms with Crippen molar-refractivity contribution in [2.75, 3.05) is 19.0 Å². The van der Waals surface area contributed by atoms with Crippen molar-refractivity contribution >= 4 is 45.8 Å². The molecule has 2 aromatic carbocycles. The first-order valence-electron chi connectivity index (χ1n) is 12.7. The summed E-state index contributed by atoms with van der Waals surface area (Å²) in [5.41, 5.74) is 3.00. The van der Waals surface area contributed by atoms with E-state index >= 15 is 0 Å². The van der Waals surface area contributed by atoms with E-state index in [2.05, 4.69) is 5.32 Å². The number of rotatable bonds is 9. The van der Waals surface area contributed by atoms with Crippen LogP contribution in [0.25, 0.3) is 11.6 Å². The van der Waals surface area contributed by atoms with Gasteiger partial charge < -0.3 is 19.5 Å². The Kier molecular flexibility index (Phi) is 8.97. The maximum Gasteiger partial charge on any atom is 0.341 e. The van der Waals surface area contributed by atoms with Gasteiger partial charge in [0.1, 0.15) is 10.8 Å². The molecule has 1 aromatic heterocycles. The first-order valence-corrected chi connectivity index (χ1v) is 13.5. The minimum absolute atomic E-state index is 0.242. The normalized spacial score (nSPS) is 13.7. The molecule has 3 aromatic rings. The molecule has 4 rings (SSSR count). The summed E-state index contributed by atoms with van der Waals surface area (Å²) in [6, 6.07) is 16.4. The fraction of sp³-hybridized carbons (Fsp3) is 0.300. The number of ether oxygens (including phenoxy) is 3. The largest absolute Gasteiger partial charge is 0.496 e. The van der Waals surface area contributed by atoms with Crippen LogP contribution in [-0.4, -0.2) is 37.7 Å². The van der Waals surface area contributed by atoms with Crippen molar-refractivity contribution in [2.45, 2.75) is 45.6 Å². The lowest BCUT2D eigenvalue weighted by molar-refractivity contribution is -0.147. The van der Waals surface area contributed by atoms with Crippen molar-refractivity contribution in [3.63, 3.8) is 0 Å². The average Bonchev–Trinajstić information content (AvgIpc) is 3.30. The Balaban J connectivity index is 1.57. The van der Waals surface area contributed by atoms with Crippen molar-refractivity contribution in [1.82, 2.24) is 0 Å². The van der Waals surface area contributed by atoms with E-state index in [0.29, 0.717) is 27.4 Å². The average molecular weight is 534 g/mol. The van der Waals surface area contributed by atoms with Gasteiger partial charge in [-0.25, -0.2) is 9.59 Å². The molecule has 1 atom stereocenters. The van der Waals surface area contributed by atoms with Crippen LogP contribution in [0.3, 0.4) is 0 Å². The molecule has 0 saturated heterocycles. The summed E-state index contributed by atoms with van der Waals surface area (Å²) in [7, 11) is 1.56. The second-order valence-electron chi connectivity index (χ2n) is 8.84. The lowest BCUT2D eigenvalue weighted by Crippen LogP contribution is -2.30. The number of methoxy groups -OCH3 is 1. The summed E-state index contributed by atoms with van der Waals surface area (Å²) >= 11 is 1.39. The van der Waals surface area contributed by atoms with Gasteiger partial charge in [0, 0.05) is 10.4 Å². The Morgan fingerprint density at radius 1 is 1.03 bits per heavy atom. The SMILES string of the molecule is CCOC(=O)c1c(NC(=O)[C@@H](C)OC(=O)/C(=C/c2ccccc2OC)c2ccccc2)sc2c1CCCC2. The number of para-hydroxylation sites is 1. The maximum absolute atomic E-state index is 13.4. The number of anilines is 1. The third kappa shape index (κ3) is 6.14. The van der Waals surface area contributed by atoms with Gasteiger partial charge in [0.25, 0.3) is 5.91 Å². The number of thiophene rings is 1. The van der Waals surface area contributed by atoms with Gasteiger partial charge in [-0.3, -0.25) is 4.79 Å². The monoisotopic (exact) mass is 533 g/mol. The molecule has 8 heteroatoms. The van der Waals surface area contributed by atoms with Crippen LogP contribution in [0.1, 0.15) is 58.6 Å². The standard InChI is InChI=1S/C30H31NO6S/c1-4-36-30(34)26-22-15-9-11-17-25(22)38-28(26)31-27(32)19(2)37-29(33)23(20-12-6-5-7-13-20)18-21-14-8-10-16-24(21)35-3/h5-8,10,12-14,16,18-19H,4,9,11,15,17H2,1-3H3,(H,31,32)/b23-18+/t19-/m1/s1. The molecule has 0 unspecified atom stereocenters. The van der Waals surface area contributed by atoms with Gasteiger partial charge in [-0.05, 0) is 62.8 Å². The Bertz CT molecular complexity index is 1340. The molecule has 38 heavy (non-hydrogen) atoms. The van der Waals surface area contributed by atoms with Crippen molar-refractivity contribution in [3.05, 3.63) is 81.7 Å². The predicted octanol–water partition coefficient (Wildman–Crippen LogP) is 5.92. The summed E-state index contributed by atoms with van der Waals surface area (Å²) in [6.07, 6.45) is 4.24. The van der Waals surface area contributed by atoms with Crippen molar-refractivity contribution in [1.29, 1.82) is 0 Å². The molecule has 0 saturated carbocycles. The first-order chi connectivity index (χ1) is 18.4. The number of amides is 1. The van der Waals surface area contributed by atoms with Gasteiger partial charge in [0.05, 0.1) is 24.9 Å². The highest BCUT2D eigenvalue weighted by atomic mass is 32.1. The summed E-state index contributed by atoms with van der Waals surface area (Å²) < 4.78 is 16.3. The zero-order chi connectivity index (χ0) is 27.1. The summed E-state index contributed by atoms with van der Waals surface area (Å²) in [4.78, 5) is 40.3. The zero-order valence-electron chi connectivity index (χ0n) is 21.7. The number of carbonyl (C=O) groups excluding carboxylic acids is 3. The van der Waals surface area contributed by atoms with Crippen LogP contribution in [-0.2, 0) is 31.9 Å². The van der Waals surface area contributed by atoms with Gasteiger partial charge in [-0.15, -0.1) is 11.3 Å². The Hall–Kier alpha value is -3.91. The molecule has 0 aliphatic heterocycles. The van der Waals surface area contributed by atoms with Crippen LogP contribution in [0.15, 0.2) is 54.6 Å². The number of esters is 2. The lowest BCUT2D eigenvalue weighted by atomic mass is 9.95. The van der Waals surface area contributed by atoms with E-state index in [4.69, 9.17) is 14.2 Å². The fourth-order valence-electron chi connectivity index (χ4n) is 4.38. The second-order valence-corrected chi connectivity index (χ2v) is 9.94. The molecule has 0 fully saturated rings. The van der Waals surface area contributed by atoms with E-state index in [0.717, 1.165) is 36.1 Å². The van der Waals surface area contributed by atoms with Gasteiger partial charge in [-0.1, -0.05) is 48.5 Å². The topological polar surface area (TPSA) is 90.9 Å². The molecule has 0 radical (unpaired) electrons. The van der Waals surface area contributed by atoms with Gasteiger partial charge >= 0.3 is 11.9 Å². The van der Waals surface area contributed by atoms with Crippen LogP contribution in [0, 0.1) is 0 Å². The van der Waals surface area contributed by atoms with Crippen LogP contribution < -0.4 is 10.1 Å². The highest BCUT2D eigenvalue weighted by Crippen LogP contribution is 2.38. The fourth-order valence-corrected chi connectivity index (χ4v) is 5.66. The molecule has 1 aliphatic rings. The minimum Gasteiger partial charge on any atom is -0.496 e. The minimum atomic E-state index is -1.11. The van der Waals surface area contributed by atoms with Crippen molar-refractivity contribution in [3.8, 4) is 5.75 Å². The van der Waals surface area contributed by atoms with E-state index < -0.39 is 23.9 Å². The smallest absolute Gasteiger partial charge is 0.341 e. The van der Waals surface area contributed by atoms with Crippen LogP contribution >= 0.6 is 11.3 Å². The Labute approximate surface area is 226 Å². The van der Waals surface area contributed by atoms with E-state index in [-0.39, 0.29) is 12.2 Å². The van der Waals surface area contributed by atoms with E-state index in [1.54, 1.807) is 38.3 Å². The van der Waals surface area contributed by atoms with Crippen LogP contribution in [0.2, 0.25) is 0 Å². The predicted molar refractivity (Wildman–Crippen MR) is 148 cm³/mol. The van der Waals surface area contributed by atoms with Gasteiger partial charge in [0.15, 0.2) is 6.10 Å². The highest BCUT2D eigenvalue weighted by Gasteiger charge is 2.29. The van der Waals surface area contributed by atoms with Crippen LogP contribution in [0.4, 0.5) is 5.00 Å². The molecule has 7 nitrogen and oxygen atoms in total. The summed E-state index contributed by atoms with van der Waals surface area (Å²) in [5.74, 6) is -1.02. The Morgan fingerprint density at radius 2 is 1.74 bits per heavy atom. The number of hydrogen-bond donors (Lipinski definition) is 1. The lowest BCUT2D eigenvalue weighted by Gasteiger charge is -2.16. The summed E-state index contributed by atoms with van der Waals surface area (Å²) in [6.45, 7) is 3.50. The van der Waals surface area contributed by atoms with E-state index in [1.807, 2.05) is 36.4 Å². The molecule has 1 amide bonds. The van der Waals surface area contributed by atoms with Crippen LogP contribution in [0.5, 0.6) is 5.75 Å². The van der Waals surface area contributed by atoms with Crippen molar-refractivity contribution in [2.24, 2.45) is 0 Å². The first kappa shape index (κ1) is 27.1. The molecule has 1 N–H and O–H groups in total. The molecule has 198 valence electrons.